The highest BCUT2D eigenvalue weighted by atomic mass is 32.2. The fourth-order valence-electron chi connectivity index (χ4n) is 0.958. The highest BCUT2D eigenvalue weighted by Crippen LogP contribution is 2.10. The van der Waals surface area contributed by atoms with Crippen LogP contribution in [0.25, 0.3) is 0 Å². The predicted molar refractivity (Wildman–Crippen MR) is 62.5 cm³/mol. The lowest BCUT2D eigenvalue weighted by Crippen LogP contribution is -2.09. The van der Waals surface area contributed by atoms with Crippen molar-refractivity contribution in [2.24, 2.45) is 0 Å². The van der Waals surface area contributed by atoms with E-state index in [1.807, 2.05) is 17.8 Å². The zero-order valence-corrected chi connectivity index (χ0v) is 9.34. The van der Waals surface area contributed by atoms with Gasteiger partial charge in [0.05, 0.1) is 0 Å². The number of nitrogens with zero attached hydrogens (tertiary/aromatic N) is 2. The van der Waals surface area contributed by atoms with Crippen LogP contribution >= 0.6 is 11.8 Å². The van der Waals surface area contributed by atoms with Gasteiger partial charge in [-0.2, -0.15) is 11.8 Å². The van der Waals surface area contributed by atoms with Crippen molar-refractivity contribution in [3.05, 3.63) is 12.1 Å². The molecule has 0 saturated heterocycles. The summed E-state index contributed by atoms with van der Waals surface area (Å²) in [6.45, 7) is 3.13. The SMILES string of the molecule is CSC(C)CCNc1ccc(N)nn1. The highest BCUT2D eigenvalue weighted by Gasteiger charge is 1.99. The maximum absolute atomic E-state index is 5.42. The molecule has 0 aliphatic rings. The van der Waals surface area contributed by atoms with Gasteiger partial charge >= 0.3 is 0 Å². The van der Waals surface area contributed by atoms with Crippen LogP contribution in [0.3, 0.4) is 0 Å². The molecule has 0 saturated carbocycles. The second-order valence-electron chi connectivity index (χ2n) is 3.11. The van der Waals surface area contributed by atoms with Crippen LogP contribution in [0.1, 0.15) is 13.3 Å². The number of nitrogens with one attached hydrogen (secondary N) is 1. The molecule has 1 aromatic heterocycles. The molecule has 5 heteroatoms. The molecule has 1 atom stereocenters. The number of aromatic nitrogens is 2. The third-order valence-corrected chi connectivity index (χ3v) is 2.98. The molecule has 4 nitrogen and oxygen atoms in total. The van der Waals surface area contributed by atoms with Gasteiger partial charge in [-0.15, -0.1) is 10.2 Å². The standard InChI is InChI=1S/C9H16N4S/c1-7(14-2)5-6-11-9-4-3-8(10)12-13-9/h3-4,7H,5-6H2,1-2H3,(H2,10,12)(H,11,13). The molecule has 0 aliphatic heterocycles. The van der Waals surface area contributed by atoms with Crippen LogP contribution < -0.4 is 11.1 Å². The zero-order valence-electron chi connectivity index (χ0n) is 8.53. The van der Waals surface area contributed by atoms with E-state index in [4.69, 9.17) is 5.73 Å². The van der Waals surface area contributed by atoms with Crippen LogP contribution in [0, 0.1) is 0 Å². The Hall–Kier alpha value is -0.970. The number of nitrogen functional groups attached to an aromatic ring is 1. The van der Waals surface area contributed by atoms with Crippen molar-refractivity contribution < 1.29 is 0 Å². The van der Waals surface area contributed by atoms with Gasteiger partial charge < -0.3 is 11.1 Å². The maximum Gasteiger partial charge on any atom is 0.148 e. The number of rotatable bonds is 5. The van der Waals surface area contributed by atoms with Crippen molar-refractivity contribution >= 4 is 23.4 Å². The topological polar surface area (TPSA) is 63.8 Å². The van der Waals surface area contributed by atoms with E-state index in [1.54, 1.807) is 6.07 Å². The molecule has 0 aliphatic carbocycles. The van der Waals surface area contributed by atoms with Gasteiger partial charge in [-0.05, 0) is 24.8 Å². The summed E-state index contributed by atoms with van der Waals surface area (Å²) in [6.07, 6.45) is 3.24. The molecular formula is C9H16N4S. The van der Waals surface area contributed by atoms with E-state index >= 15 is 0 Å². The van der Waals surface area contributed by atoms with E-state index in [1.165, 1.54) is 0 Å². The Morgan fingerprint density at radius 1 is 1.50 bits per heavy atom. The van der Waals surface area contributed by atoms with Crippen molar-refractivity contribution in [3.63, 3.8) is 0 Å². The summed E-state index contributed by atoms with van der Waals surface area (Å²) in [6, 6.07) is 3.58. The number of anilines is 2. The molecule has 0 fully saturated rings. The number of hydrogen-bond donors (Lipinski definition) is 2. The Morgan fingerprint density at radius 3 is 2.86 bits per heavy atom. The molecule has 0 amide bonds. The van der Waals surface area contributed by atoms with E-state index in [-0.39, 0.29) is 0 Å². The van der Waals surface area contributed by atoms with E-state index in [0.717, 1.165) is 18.8 Å². The normalized spacial score (nSPS) is 12.4. The first-order chi connectivity index (χ1) is 6.72. The molecule has 0 bridgehead atoms. The summed E-state index contributed by atoms with van der Waals surface area (Å²) in [5.74, 6) is 1.24. The molecule has 1 rings (SSSR count). The fourth-order valence-corrected chi connectivity index (χ4v) is 1.31. The molecule has 1 unspecified atom stereocenters. The minimum absolute atomic E-state index is 0.452. The van der Waals surface area contributed by atoms with Crippen molar-refractivity contribution in [1.29, 1.82) is 0 Å². The lowest BCUT2D eigenvalue weighted by molar-refractivity contribution is 0.845. The molecule has 14 heavy (non-hydrogen) atoms. The summed E-state index contributed by atoms with van der Waals surface area (Å²) in [7, 11) is 0. The molecule has 0 radical (unpaired) electrons. The van der Waals surface area contributed by atoms with Crippen molar-refractivity contribution in [2.75, 3.05) is 23.9 Å². The first-order valence-electron chi connectivity index (χ1n) is 4.58. The Bertz CT molecular complexity index is 262. The van der Waals surface area contributed by atoms with Crippen LogP contribution in [-0.4, -0.2) is 28.2 Å². The summed E-state index contributed by atoms with van der Waals surface area (Å²) >= 11 is 1.87. The molecule has 78 valence electrons. The van der Waals surface area contributed by atoms with Crippen molar-refractivity contribution in [3.8, 4) is 0 Å². The minimum atomic E-state index is 0.452. The van der Waals surface area contributed by atoms with Crippen LogP contribution in [-0.2, 0) is 0 Å². The third-order valence-electron chi connectivity index (χ3n) is 1.94. The molecule has 0 spiro atoms. The molecule has 1 aromatic rings. The van der Waals surface area contributed by atoms with Gasteiger partial charge in [0.2, 0.25) is 0 Å². The van der Waals surface area contributed by atoms with Gasteiger partial charge in [-0.25, -0.2) is 0 Å². The highest BCUT2D eigenvalue weighted by molar-refractivity contribution is 7.99. The van der Waals surface area contributed by atoms with Crippen LogP contribution in [0.5, 0.6) is 0 Å². The molecule has 1 heterocycles. The second kappa shape index (κ2) is 5.70. The van der Waals surface area contributed by atoms with Gasteiger partial charge in [-0.1, -0.05) is 6.92 Å². The fraction of sp³-hybridized carbons (Fsp3) is 0.556. The smallest absolute Gasteiger partial charge is 0.148 e. The Balaban J connectivity index is 2.28. The molecule has 3 N–H and O–H groups in total. The van der Waals surface area contributed by atoms with Gasteiger partial charge in [0.1, 0.15) is 11.6 Å². The summed E-state index contributed by atoms with van der Waals surface area (Å²) in [5.41, 5.74) is 5.42. The number of thioether (sulfide) groups is 1. The van der Waals surface area contributed by atoms with Gasteiger partial charge in [0.15, 0.2) is 0 Å². The zero-order chi connectivity index (χ0) is 10.4. The molecular weight excluding hydrogens is 196 g/mol. The monoisotopic (exact) mass is 212 g/mol. The van der Waals surface area contributed by atoms with Crippen LogP contribution in [0.15, 0.2) is 12.1 Å². The average Bonchev–Trinajstić information content (AvgIpc) is 2.21. The Kier molecular flexibility index (Phi) is 4.52. The average molecular weight is 212 g/mol. The largest absolute Gasteiger partial charge is 0.382 e. The number of nitrogens with two attached hydrogens (primary N) is 1. The van der Waals surface area contributed by atoms with E-state index < -0.39 is 0 Å². The Labute approximate surface area is 88.7 Å². The van der Waals surface area contributed by atoms with E-state index in [0.29, 0.717) is 11.1 Å². The second-order valence-corrected chi connectivity index (χ2v) is 4.38. The Morgan fingerprint density at radius 2 is 2.29 bits per heavy atom. The van der Waals surface area contributed by atoms with E-state index in [9.17, 15) is 0 Å². The van der Waals surface area contributed by atoms with Crippen molar-refractivity contribution in [1.82, 2.24) is 10.2 Å². The van der Waals surface area contributed by atoms with Gasteiger partial charge in [0, 0.05) is 11.8 Å². The molecule has 0 aromatic carbocycles. The predicted octanol–water partition coefficient (Wildman–Crippen LogP) is 1.61. The van der Waals surface area contributed by atoms with Crippen LogP contribution in [0.2, 0.25) is 0 Å². The summed E-state index contributed by atoms with van der Waals surface area (Å²) in [5, 5.41) is 11.5. The third kappa shape index (κ3) is 3.83. The van der Waals surface area contributed by atoms with Gasteiger partial charge in [0.25, 0.3) is 0 Å². The lowest BCUT2D eigenvalue weighted by atomic mass is 10.3. The van der Waals surface area contributed by atoms with Crippen LogP contribution in [0.4, 0.5) is 11.6 Å². The lowest BCUT2D eigenvalue weighted by Gasteiger charge is -2.08. The minimum Gasteiger partial charge on any atom is -0.382 e. The van der Waals surface area contributed by atoms with Crippen molar-refractivity contribution in [2.45, 2.75) is 18.6 Å². The van der Waals surface area contributed by atoms with Gasteiger partial charge in [-0.3, -0.25) is 0 Å². The van der Waals surface area contributed by atoms with E-state index in [2.05, 4.69) is 28.7 Å². The summed E-state index contributed by atoms with van der Waals surface area (Å²) < 4.78 is 0. The maximum atomic E-state index is 5.42. The first kappa shape index (κ1) is 11.1. The quantitative estimate of drug-likeness (QED) is 0.776. The summed E-state index contributed by atoms with van der Waals surface area (Å²) in [4.78, 5) is 0. The number of hydrogen-bond acceptors (Lipinski definition) is 5. The first-order valence-corrected chi connectivity index (χ1v) is 5.87.